The molecule has 78 valence electrons. The zero-order valence-corrected chi connectivity index (χ0v) is 9.78. The summed E-state index contributed by atoms with van der Waals surface area (Å²) < 4.78 is 2.38. The van der Waals surface area contributed by atoms with Crippen molar-refractivity contribution in [1.82, 2.24) is 4.57 Å². The van der Waals surface area contributed by atoms with E-state index in [4.69, 9.17) is 0 Å². The van der Waals surface area contributed by atoms with Crippen LogP contribution in [0.25, 0.3) is 10.8 Å². The standard InChI is InChI=1S/C11H10BrNO2/c1-2-13-6-5-7-8(12)3-4-9(14)10(7)11(13)15/h3-6,14H,2H2,1H3. The lowest BCUT2D eigenvalue weighted by Gasteiger charge is -2.06. The molecule has 0 spiro atoms. The van der Waals surface area contributed by atoms with Crippen LogP contribution in [-0.2, 0) is 6.54 Å². The van der Waals surface area contributed by atoms with Crippen molar-refractivity contribution >= 4 is 26.7 Å². The van der Waals surface area contributed by atoms with Crippen molar-refractivity contribution in [3.05, 3.63) is 39.2 Å². The molecule has 0 bridgehead atoms. The van der Waals surface area contributed by atoms with E-state index in [-0.39, 0.29) is 11.3 Å². The molecular weight excluding hydrogens is 258 g/mol. The van der Waals surface area contributed by atoms with Crippen LogP contribution in [0.5, 0.6) is 5.75 Å². The third kappa shape index (κ3) is 1.55. The van der Waals surface area contributed by atoms with Gasteiger partial charge in [0.25, 0.3) is 5.56 Å². The number of hydrogen-bond donors (Lipinski definition) is 1. The minimum absolute atomic E-state index is 0.0287. The van der Waals surface area contributed by atoms with Crippen molar-refractivity contribution in [2.45, 2.75) is 13.5 Å². The fourth-order valence-corrected chi connectivity index (χ4v) is 2.06. The smallest absolute Gasteiger partial charge is 0.262 e. The Morgan fingerprint density at radius 2 is 2.13 bits per heavy atom. The van der Waals surface area contributed by atoms with Gasteiger partial charge in [-0.15, -0.1) is 0 Å². The Kier molecular flexibility index (Phi) is 2.52. The van der Waals surface area contributed by atoms with E-state index in [9.17, 15) is 9.90 Å². The number of fused-ring (bicyclic) bond motifs is 1. The molecule has 1 aromatic carbocycles. The topological polar surface area (TPSA) is 42.2 Å². The molecule has 0 saturated carbocycles. The highest BCUT2D eigenvalue weighted by atomic mass is 79.9. The van der Waals surface area contributed by atoms with Gasteiger partial charge in [0.1, 0.15) is 5.75 Å². The molecule has 2 aromatic rings. The number of aryl methyl sites for hydroxylation is 1. The number of nitrogens with zero attached hydrogens (tertiary/aromatic N) is 1. The maximum atomic E-state index is 11.9. The molecule has 0 radical (unpaired) electrons. The fraction of sp³-hybridized carbons (Fsp3) is 0.182. The molecule has 0 aliphatic carbocycles. The van der Waals surface area contributed by atoms with E-state index in [1.807, 2.05) is 13.0 Å². The van der Waals surface area contributed by atoms with Gasteiger partial charge in [-0.1, -0.05) is 15.9 Å². The first-order valence-corrected chi connectivity index (χ1v) is 5.45. The zero-order chi connectivity index (χ0) is 11.0. The van der Waals surface area contributed by atoms with Crippen LogP contribution in [0.4, 0.5) is 0 Å². The van der Waals surface area contributed by atoms with E-state index in [1.165, 1.54) is 6.07 Å². The van der Waals surface area contributed by atoms with Crippen LogP contribution in [0.1, 0.15) is 6.92 Å². The Hall–Kier alpha value is -1.29. The predicted molar refractivity (Wildman–Crippen MR) is 63.2 cm³/mol. The number of aromatic nitrogens is 1. The van der Waals surface area contributed by atoms with Crippen LogP contribution in [-0.4, -0.2) is 9.67 Å². The fourth-order valence-electron chi connectivity index (χ4n) is 1.60. The van der Waals surface area contributed by atoms with Gasteiger partial charge >= 0.3 is 0 Å². The number of halogens is 1. The van der Waals surface area contributed by atoms with Crippen LogP contribution < -0.4 is 5.56 Å². The van der Waals surface area contributed by atoms with Gasteiger partial charge in [-0.25, -0.2) is 0 Å². The van der Waals surface area contributed by atoms with Gasteiger partial charge in [0, 0.05) is 22.6 Å². The van der Waals surface area contributed by atoms with Crippen molar-refractivity contribution in [3.8, 4) is 5.75 Å². The van der Waals surface area contributed by atoms with Gasteiger partial charge in [-0.2, -0.15) is 0 Å². The highest BCUT2D eigenvalue weighted by molar-refractivity contribution is 9.10. The summed E-state index contributed by atoms with van der Waals surface area (Å²) in [5.74, 6) is 0.0287. The second kappa shape index (κ2) is 3.70. The molecule has 0 aliphatic rings. The molecule has 4 heteroatoms. The molecule has 0 amide bonds. The molecule has 0 saturated heterocycles. The van der Waals surface area contributed by atoms with Gasteiger partial charge in [0.2, 0.25) is 0 Å². The summed E-state index contributed by atoms with van der Waals surface area (Å²) in [4.78, 5) is 11.9. The second-order valence-electron chi connectivity index (χ2n) is 3.26. The Bertz CT molecular complexity index is 575. The van der Waals surface area contributed by atoms with Crippen molar-refractivity contribution in [1.29, 1.82) is 0 Å². The molecule has 15 heavy (non-hydrogen) atoms. The molecule has 0 unspecified atom stereocenters. The maximum Gasteiger partial charge on any atom is 0.262 e. The van der Waals surface area contributed by atoms with Crippen molar-refractivity contribution in [2.75, 3.05) is 0 Å². The first kappa shape index (κ1) is 10.2. The summed E-state index contributed by atoms with van der Waals surface area (Å²) in [6, 6.07) is 5.07. The third-order valence-electron chi connectivity index (χ3n) is 2.41. The zero-order valence-electron chi connectivity index (χ0n) is 8.20. The summed E-state index contributed by atoms with van der Waals surface area (Å²) >= 11 is 3.35. The first-order chi connectivity index (χ1) is 7.15. The van der Waals surface area contributed by atoms with Gasteiger partial charge < -0.3 is 9.67 Å². The van der Waals surface area contributed by atoms with Crippen LogP contribution in [0.15, 0.2) is 33.7 Å². The lowest BCUT2D eigenvalue weighted by molar-refractivity contribution is 0.480. The summed E-state index contributed by atoms with van der Waals surface area (Å²) in [7, 11) is 0. The number of phenolic OH excluding ortho intramolecular Hbond substituents is 1. The maximum absolute atomic E-state index is 11.9. The minimum atomic E-state index is -0.159. The number of hydrogen-bond acceptors (Lipinski definition) is 2. The van der Waals surface area contributed by atoms with Crippen LogP contribution in [0.3, 0.4) is 0 Å². The highest BCUT2D eigenvalue weighted by Crippen LogP contribution is 2.27. The highest BCUT2D eigenvalue weighted by Gasteiger charge is 2.08. The Labute approximate surface area is 95.1 Å². The van der Waals surface area contributed by atoms with E-state index >= 15 is 0 Å². The van der Waals surface area contributed by atoms with Crippen molar-refractivity contribution in [2.24, 2.45) is 0 Å². The number of pyridine rings is 1. The lowest BCUT2D eigenvalue weighted by atomic mass is 10.1. The second-order valence-corrected chi connectivity index (χ2v) is 4.12. The van der Waals surface area contributed by atoms with E-state index in [2.05, 4.69) is 15.9 Å². The molecule has 1 N–H and O–H groups in total. The molecule has 3 nitrogen and oxygen atoms in total. The molecular formula is C11H10BrNO2. The average molecular weight is 268 g/mol. The van der Waals surface area contributed by atoms with Crippen LogP contribution in [0.2, 0.25) is 0 Å². The lowest BCUT2D eigenvalue weighted by Crippen LogP contribution is -2.18. The van der Waals surface area contributed by atoms with Gasteiger partial charge in [-0.3, -0.25) is 4.79 Å². The summed E-state index contributed by atoms with van der Waals surface area (Å²) in [5.41, 5.74) is -0.159. The van der Waals surface area contributed by atoms with Gasteiger partial charge in [0.15, 0.2) is 0 Å². The number of rotatable bonds is 1. The normalized spacial score (nSPS) is 10.8. The average Bonchev–Trinajstić information content (AvgIpc) is 2.23. The molecule has 1 aromatic heterocycles. The SMILES string of the molecule is CCn1ccc2c(Br)ccc(O)c2c1=O. The molecule has 2 rings (SSSR count). The summed E-state index contributed by atoms with van der Waals surface area (Å²) in [5, 5.41) is 10.8. The van der Waals surface area contributed by atoms with Crippen LogP contribution in [0, 0.1) is 0 Å². The Morgan fingerprint density at radius 3 is 2.80 bits per heavy atom. The number of benzene rings is 1. The Balaban J connectivity index is 2.99. The number of phenols is 1. The van der Waals surface area contributed by atoms with Gasteiger partial charge in [-0.05, 0) is 25.1 Å². The largest absolute Gasteiger partial charge is 0.507 e. The van der Waals surface area contributed by atoms with Crippen LogP contribution >= 0.6 is 15.9 Å². The molecule has 1 heterocycles. The quantitative estimate of drug-likeness (QED) is 0.863. The molecule has 0 fully saturated rings. The predicted octanol–water partition coefficient (Wildman–Crippen LogP) is 2.49. The first-order valence-electron chi connectivity index (χ1n) is 4.65. The Morgan fingerprint density at radius 1 is 1.40 bits per heavy atom. The van der Waals surface area contributed by atoms with Crippen molar-refractivity contribution < 1.29 is 5.11 Å². The monoisotopic (exact) mass is 267 g/mol. The molecule has 0 atom stereocenters. The van der Waals surface area contributed by atoms with Crippen molar-refractivity contribution in [3.63, 3.8) is 0 Å². The minimum Gasteiger partial charge on any atom is -0.507 e. The van der Waals surface area contributed by atoms with E-state index < -0.39 is 0 Å². The van der Waals surface area contributed by atoms with E-state index in [0.29, 0.717) is 11.9 Å². The summed E-state index contributed by atoms with van der Waals surface area (Å²) in [6.07, 6.45) is 1.73. The van der Waals surface area contributed by atoms with Gasteiger partial charge in [0.05, 0.1) is 5.39 Å². The van der Waals surface area contributed by atoms with E-state index in [1.54, 1.807) is 16.8 Å². The summed E-state index contributed by atoms with van der Waals surface area (Å²) in [6.45, 7) is 2.49. The van der Waals surface area contributed by atoms with E-state index in [0.717, 1.165) is 9.86 Å². The third-order valence-corrected chi connectivity index (χ3v) is 3.10. The number of aromatic hydroxyl groups is 1. The molecule has 0 aliphatic heterocycles.